The lowest BCUT2D eigenvalue weighted by Gasteiger charge is -2.12. The Bertz CT molecular complexity index is 933. The van der Waals surface area contributed by atoms with Crippen molar-refractivity contribution in [1.82, 2.24) is 19.9 Å². The molecule has 25 heavy (non-hydrogen) atoms. The van der Waals surface area contributed by atoms with Gasteiger partial charge >= 0.3 is 5.97 Å². The van der Waals surface area contributed by atoms with Crippen molar-refractivity contribution >= 4 is 40.2 Å². The second kappa shape index (κ2) is 6.98. The van der Waals surface area contributed by atoms with Crippen LogP contribution in [-0.4, -0.2) is 37.9 Å². The molecule has 1 atom stereocenters. The van der Waals surface area contributed by atoms with E-state index >= 15 is 0 Å². The lowest BCUT2D eigenvalue weighted by Crippen LogP contribution is -2.30. The summed E-state index contributed by atoms with van der Waals surface area (Å²) in [5, 5.41) is 2.62. The van der Waals surface area contributed by atoms with Gasteiger partial charge in [-0.2, -0.15) is 0 Å². The Hall–Kier alpha value is -2.81. The molecular weight excluding hydrogens is 342 g/mol. The van der Waals surface area contributed by atoms with Crippen molar-refractivity contribution in [2.24, 2.45) is 0 Å². The zero-order chi connectivity index (χ0) is 18.0. The number of amides is 1. The van der Waals surface area contributed by atoms with Crippen LogP contribution in [0, 0.1) is 6.92 Å². The van der Waals surface area contributed by atoms with Gasteiger partial charge in [-0.05, 0) is 31.9 Å². The van der Waals surface area contributed by atoms with Crippen molar-refractivity contribution in [2.75, 3.05) is 5.32 Å². The van der Waals surface area contributed by atoms with Crippen LogP contribution >= 0.6 is 11.3 Å². The van der Waals surface area contributed by atoms with E-state index in [0.29, 0.717) is 16.0 Å². The summed E-state index contributed by atoms with van der Waals surface area (Å²) in [6.07, 6.45) is 2.65. The van der Waals surface area contributed by atoms with Gasteiger partial charge in [0.15, 0.2) is 17.6 Å². The summed E-state index contributed by atoms with van der Waals surface area (Å²) in [5.41, 5.74) is 2.01. The summed E-state index contributed by atoms with van der Waals surface area (Å²) < 4.78 is 5.27. The van der Waals surface area contributed by atoms with E-state index in [1.807, 2.05) is 13.8 Å². The quantitative estimate of drug-likeness (QED) is 0.677. The van der Waals surface area contributed by atoms with Gasteiger partial charge in [0.1, 0.15) is 16.7 Å². The monoisotopic (exact) mass is 359 g/mol. The van der Waals surface area contributed by atoms with Crippen molar-refractivity contribution < 1.29 is 14.3 Å². The molecule has 9 heteroatoms. The van der Waals surface area contributed by atoms with Crippen molar-refractivity contribution in [1.29, 1.82) is 0 Å². The normalized spacial score (nSPS) is 12.1. The minimum atomic E-state index is -0.965. The van der Waals surface area contributed by atoms with Crippen LogP contribution in [-0.2, 0) is 16.0 Å². The van der Waals surface area contributed by atoms with Gasteiger partial charge in [0.25, 0.3) is 5.91 Å². The highest BCUT2D eigenvalue weighted by Crippen LogP contribution is 2.23. The molecule has 0 radical (unpaired) electrons. The fraction of sp³-hybridized carbons (Fsp3) is 0.312. The predicted molar refractivity (Wildman–Crippen MR) is 93.6 cm³/mol. The van der Waals surface area contributed by atoms with Crippen LogP contribution in [0.25, 0.3) is 11.2 Å². The number of carbonyl (C=O) groups is 2. The number of hydrogen-bond acceptors (Lipinski definition) is 7. The van der Waals surface area contributed by atoms with Gasteiger partial charge in [-0.15, -0.1) is 11.3 Å². The SMILES string of the molecule is CCc1sc(C(=O)OC(C)C(=O)Nc2ncnc3nc[nH]c23)cc1C. The average molecular weight is 359 g/mol. The van der Waals surface area contributed by atoms with Gasteiger partial charge in [0.05, 0.1) is 6.33 Å². The van der Waals surface area contributed by atoms with Crippen LogP contribution in [0.2, 0.25) is 0 Å². The minimum absolute atomic E-state index is 0.288. The van der Waals surface area contributed by atoms with E-state index < -0.39 is 18.0 Å². The molecular formula is C16H17N5O3S. The molecule has 3 aromatic rings. The first-order valence-corrected chi connectivity index (χ1v) is 8.56. The van der Waals surface area contributed by atoms with Crippen molar-refractivity contribution in [3.63, 3.8) is 0 Å². The first-order valence-electron chi connectivity index (χ1n) is 7.74. The maximum atomic E-state index is 12.3. The highest BCUT2D eigenvalue weighted by Gasteiger charge is 2.22. The van der Waals surface area contributed by atoms with Crippen molar-refractivity contribution in [2.45, 2.75) is 33.3 Å². The predicted octanol–water partition coefficient (Wildman–Crippen LogP) is 2.47. The maximum Gasteiger partial charge on any atom is 0.349 e. The number of ether oxygens (including phenoxy) is 1. The summed E-state index contributed by atoms with van der Waals surface area (Å²) in [6, 6.07) is 1.79. The summed E-state index contributed by atoms with van der Waals surface area (Å²) in [7, 11) is 0. The molecule has 0 saturated carbocycles. The second-order valence-corrected chi connectivity index (χ2v) is 6.57. The van der Waals surface area contributed by atoms with Crippen LogP contribution in [0.4, 0.5) is 5.82 Å². The van der Waals surface area contributed by atoms with Crippen LogP contribution in [0.1, 0.15) is 34.0 Å². The average Bonchev–Trinajstić information content (AvgIpc) is 3.21. The topological polar surface area (TPSA) is 110 Å². The Balaban J connectivity index is 1.68. The lowest BCUT2D eigenvalue weighted by atomic mass is 10.2. The Morgan fingerprint density at radius 3 is 2.88 bits per heavy atom. The summed E-state index contributed by atoms with van der Waals surface area (Å²) in [4.78, 5) is 41.0. The third-order valence-corrected chi connectivity index (χ3v) is 5.02. The van der Waals surface area contributed by atoms with Crippen molar-refractivity contribution in [3.05, 3.63) is 34.0 Å². The number of aromatic amines is 1. The largest absolute Gasteiger partial charge is 0.448 e. The molecule has 2 N–H and O–H groups in total. The number of rotatable bonds is 5. The van der Waals surface area contributed by atoms with Crippen LogP contribution in [0.3, 0.4) is 0 Å². The number of esters is 1. The van der Waals surface area contributed by atoms with E-state index in [1.165, 1.54) is 30.9 Å². The van der Waals surface area contributed by atoms with Gasteiger partial charge in [0.2, 0.25) is 0 Å². The van der Waals surface area contributed by atoms with E-state index in [9.17, 15) is 9.59 Å². The van der Waals surface area contributed by atoms with Crippen LogP contribution < -0.4 is 5.32 Å². The van der Waals surface area contributed by atoms with E-state index in [0.717, 1.165) is 16.9 Å². The molecule has 1 unspecified atom stereocenters. The molecule has 3 rings (SSSR count). The minimum Gasteiger partial charge on any atom is -0.448 e. The maximum absolute atomic E-state index is 12.3. The standard InChI is InChI=1S/C16H17N5O3S/c1-4-10-8(2)5-11(25-10)16(23)24-9(3)15(22)21-14-12-13(18-6-17-12)19-7-20-14/h5-7,9H,4H2,1-3H3,(H2,17,18,19,20,21,22). The molecule has 0 saturated heterocycles. The Kier molecular flexibility index (Phi) is 4.75. The molecule has 130 valence electrons. The zero-order valence-corrected chi connectivity index (χ0v) is 14.8. The lowest BCUT2D eigenvalue weighted by molar-refractivity contribution is -0.123. The zero-order valence-electron chi connectivity index (χ0n) is 14.0. The molecule has 0 bridgehead atoms. The third kappa shape index (κ3) is 3.50. The molecule has 0 aliphatic carbocycles. The number of carbonyl (C=O) groups excluding carboxylic acids is 2. The van der Waals surface area contributed by atoms with Gasteiger partial charge in [-0.3, -0.25) is 4.79 Å². The van der Waals surface area contributed by atoms with Gasteiger partial charge in [-0.1, -0.05) is 6.92 Å². The number of aryl methyl sites for hydroxylation is 2. The summed E-state index contributed by atoms with van der Waals surface area (Å²) in [5.74, 6) is -0.701. The number of aromatic nitrogens is 4. The molecule has 0 fully saturated rings. The molecule has 8 nitrogen and oxygen atoms in total. The fourth-order valence-corrected chi connectivity index (χ4v) is 3.32. The molecule has 3 heterocycles. The molecule has 0 spiro atoms. The number of anilines is 1. The Labute approximate surface area is 147 Å². The number of hydrogen-bond donors (Lipinski definition) is 2. The third-order valence-electron chi connectivity index (χ3n) is 3.66. The second-order valence-electron chi connectivity index (χ2n) is 5.43. The van der Waals surface area contributed by atoms with Gasteiger partial charge < -0.3 is 15.0 Å². The van der Waals surface area contributed by atoms with E-state index in [4.69, 9.17) is 4.74 Å². The van der Waals surface area contributed by atoms with E-state index in [-0.39, 0.29) is 5.82 Å². The highest BCUT2D eigenvalue weighted by molar-refractivity contribution is 7.14. The summed E-state index contributed by atoms with van der Waals surface area (Å²) in [6.45, 7) is 5.49. The van der Waals surface area contributed by atoms with Gasteiger partial charge in [-0.25, -0.2) is 19.7 Å². The number of thiophene rings is 1. The number of fused-ring (bicyclic) bond motifs is 1. The number of nitrogens with one attached hydrogen (secondary N) is 2. The fourth-order valence-electron chi connectivity index (χ4n) is 2.32. The molecule has 0 aromatic carbocycles. The number of nitrogens with zero attached hydrogens (tertiary/aromatic N) is 3. The number of imidazole rings is 1. The first-order chi connectivity index (χ1) is 12.0. The molecule has 3 aromatic heterocycles. The van der Waals surface area contributed by atoms with Crippen LogP contribution in [0.5, 0.6) is 0 Å². The number of H-pyrrole nitrogens is 1. The van der Waals surface area contributed by atoms with E-state index in [1.54, 1.807) is 6.07 Å². The Morgan fingerprint density at radius 2 is 2.16 bits per heavy atom. The van der Waals surface area contributed by atoms with Crippen LogP contribution in [0.15, 0.2) is 18.7 Å². The van der Waals surface area contributed by atoms with E-state index in [2.05, 4.69) is 25.3 Å². The van der Waals surface area contributed by atoms with Gasteiger partial charge in [0, 0.05) is 4.88 Å². The molecule has 0 aliphatic rings. The summed E-state index contributed by atoms with van der Waals surface area (Å²) >= 11 is 1.39. The molecule has 1 amide bonds. The van der Waals surface area contributed by atoms with Crippen molar-refractivity contribution in [3.8, 4) is 0 Å². The Morgan fingerprint density at radius 1 is 1.36 bits per heavy atom. The highest BCUT2D eigenvalue weighted by atomic mass is 32.1. The molecule has 0 aliphatic heterocycles. The smallest absolute Gasteiger partial charge is 0.349 e. The first kappa shape index (κ1) is 17.0.